The third-order valence-electron chi connectivity index (χ3n) is 5.01. The zero-order valence-electron chi connectivity index (χ0n) is 12.0. The fraction of sp³-hybridized carbons (Fsp3) is 0.533. The van der Waals surface area contributed by atoms with Gasteiger partial charge >= 0.3 is 0 Å². The maximum absolute atomic E-state index is 13.2. The maximum Gasteiger partial charge on any atom is 0.245 e. The van der Waals surface area contributed by atoms with Crippen molar-refractivity contribution in [3.05, 3.63) is 29.8 Å². The number of nitrogens with two attached hydrogens (primary N) is 1. The second kappa shape index (κ2) is 4.48. The lowest BCUT2D eigenvalue weighted by atomic mass is 9.48. The van der Waals surface area contributed by atoms with Crippen LogP contribution in [0, 0.1) is 23.0 Å². The van der Waals surface area contributed by atoms with Crippen molar-refractivity contribution in [2.45, 2.75) is 31.9 Å². The van der Waals surface area contributed by atoms with Crippen molar-refractivity contribution >= 4 is 11.6 Å². The van der Waals surface area contributed by atoms with Gasteiger partial charge in [0.05, 0.1) is 6.10 Å². The van der Waals surface area contributed by atoms with Gasteiger partial charge in [-0.3, -0.25) is 4.79 Å². The highest BCUT2D eigenvalue weighted by molar-refractivity contribution is 6.00. The van der Waals surface area contributed by atoms with E-state index in [9.17, 15) is 13.6 Å². The number of nitrogens with one attached hydrogen (secondary N) is 1. The Balaban J connectivity index is 1.83. The summed E-state index contributed by atoms with van der Waals surface area (Å²) < 4.78 is 31.8. The predicted octanol–water partition coefficient (Wildman–Crippen LogP) is 2.05. The standard InChI is InChI=1S/C15H18F2N2O2/c1-14(2)12-9(5-6-21-12)15(14,18)13(20)19-8-3-4-10(16)11(17)7-8/h3-4,7,9,12H,5-6,18H2,1-2H3,(H,19,20). The normalized spacial score (nSPS) is 33.2. The Hall–Kier alpha value is -1.53. The summed E-state index contributed by atoms with van der Waals surface area (Å²) in [6.07, 6.45) is 0.702. The molecule has 114 valence electrons. The van der Waals surface area contributed by atoms with Gasteiger partial charge in [0.2, 0.25) is 5.91 Å². The lowest BCUT2D eigenvalue weighted by Crippen LogP contribution is -2.79. The van der Waals surface area contributed by atoms with E-state index in [2.05, 4.69) is 5.32 Å². The van der Waals surface area contributed by atoms with Crippen LogP contribution in [0.2, 0.25) is 0 Å². The monoisotopic (exact) mass is 296 g/mol. The molecule has 1 aliphatic heterocycles. The number of amides is 1. The zero-order chi connectivity index (χ0) is 15.4. The molecule has 4 nitrogen and oxygen atoms in total. The van der Waals surface area contributed by atoms with E-state index in [4.69, 9.17) is 10.5 Å². The molecule has 3 N–H and O–H groups in total. The molecule has 1 saturated carbocycles. The summed E-state index contributed by atoms with van der Waals surface area (Å²) in [4.78, 5) is 12.6. The van der Waals surface area contributed by atoms with E-state index >= 15 is 0 Å². The highest BCUT2D eigenvalue weighted by Crippen LogP contribution is 2.58. The Morgan fingerprint density at radius 2 is 2.10 bits per heavy atom. The zero-order valence-corrected chi connectivity index (χ0v) is 12.0. The van der Waals surface area contributed by atoms with Gasteiger partial charge in [-0.15, -0.1) is 0 Å². The van der Waals surface area contributed by atoms with Crippen molar-refractivity contribution in [1.82, 2.24) is 0 Å². The molecular formula is C15H18F2N2O2. The van der Waals surface area contributed by atoms with Crippen LogP contribution in [0.3, 0.4) is 0 Å². The molecule has 3 atom stereocenters. The summed E-state index contributed by atoms with van der Waals surface area (Å²) in [5.74, 6) is -2.39. The first-order chi connectivity index (χ1) is 9.78. The molecule has 1 amide bonds. The van der Waals surface area contributed by atoms with Crippen molar-refractivity contribution < 1.29 is 18.3 Å². The van der Waals surface area contributed by atoms with Crippen molar-refractivity contribution in [2.24, 2.45) is 17.1 Å². The Morgan fingerprint density at radius 3 is 2.76 bits per heavy atom. The van der Waals surface area contributed by atoms with Gasteiger partial charge in [0.25, 0.3) is 0 Å². The van der Waals surface area contributed by atoms with Gasteiger partial charge in [0.15, 0.2) is 11.6 Å². The Kier molecular flexibility index (Phi) is 3.07. The van der Waals surface area contributed by atoms with E-state index in [1.165, 1.54) is 6.07 Å². The second-order valence-corrected chi connectivity index (χ2v) is 6.36. The van der Waals surface area contributed by atoms with E-state index in [1.54, 1.807) is 0 Å². The lowest BCUT2D eigenvalue weighted by molar-refractivity contribution is -0.170. The fourth-order valence-corrected chi connectivity index (χ4v) is 3.65. The van der Waals surface area contributed by atoms with E-state index in [1.807, 2.05) is 13.8 Å². The molecule has 0 bridgehead atoms. The van der Waals surface area contributed by atoms with Crippen LogP contribution in [0.4, 0.5) is 14.5 Å². The number of carbonyl (C=O) groups is 1. The summed E-state index contributed by atoms with van der Waals surface area (Å²) in [6, 6.07) is 3.24. The van der Waals surface area contributed by atoms with Crippen molar-refractivity contribution in [3.63, 3.8) is 0 Å². The van der Waals surface area contributed by atoms with Crippen LogP contribution in [0.25, 0.3) is 0 Å². The minimum atomic E-state index is -1.07. The van der Waals surface area contributed by atoms with Crippen LogP contribution in [-0.2, 0) is 9.53 Å². The molecule has 0 aromatic heterocycles. The Bertz CT molecular complexity index is 605. The average molecular weight is 296 g/mol. The Morgan fingerprint density at radius 1 is 1.38 bits per heavy atom. The highest BCUT2D eigenvalue weighted by atomic mass is 19.2. The molecule has 1 saturated heterocycles. The van der Waals surface area contributed by atoms with Crippen LogP contribution < -0.4 is 11.1 Å². The molecule has 1 aromatic carbocycles. The minimum Gasteiger partial charge on any atom is -0.377 e. The molecule has 1 aliphatic carbocycles. The van der Waals surface area contributed by atoms with E-state index in [0.29, 0.717) is 6.61 Å². The smallest absolute Gasteiger partial charge is 0.245 e. The van der Waals surface area contributed by atoms with Crippen molar-refractivity contribution in [1.29, 1.82) is 0 Å². The number of hydrogen-bond acceptors (Lipinski definition) is 3. The lowest BCUT2D eigenvalue weighted by Gasteiger charge is -2.60. The third kappa shape index (κ3) is 1.82. The van der Waals surface area contributed by atoms with Crippen LogP contribution in [0.1, 0.15) is 20.3 Å². The minimum absolute atomic E-state index is 0.0294. The van der Waals surface area contributed by atoms with Gasteiger partial charge in [-0.1, -0.05) is 13.8 Å². The molecule has 1 aromatic rings. The molecule has 2 aliphatic rings. The van der Waals surface area contributed by atoms with Crippen LogP contribution in [-0.4, -0.2) is 24.2 Å². The SMILES string of the molecule is CC1(C)C2OCCC2C1(N)C(=O)Nc1ccc(F)c(F)c1. The molecule has 3 unspecified atom stereocenters. The van der Waals surface area contributed by atoms with Crippen molar-refractivity contribution in [2.75, 3.05) is 11.9 Å². The van der Waals surface area contributed by atoms with Crippen LogP contribution >= 0.6 is 0 Å². The van der Waals surface area contributed by atoms with Gasteiger partial charge in [-0.05, 0) is 18.6 Å². The predicted molar refractivity (Wildman–Crippen MR) is 73.5 cm³/mol. The maximum atomic E-state index is 13.2. The van der Waals surface area contributed by atoms with Gasteiger partial charge < -0.3 is 15.8 Å². The number of carbonyl (C=O) groups excluding carboxylic acids is 1. The van der Waals surface area contributed by atoms with Gasteiger partial charge in [0.1, 0.15) is 5.54 Å². The van der Waals surface area contributed by atoms with Gasteiger partial charge in [-0.2, -0.15) is 0 Å². The Labute approximate surface area is 121 Å². The quantitative estimate of drug-likeness (QED) is 0.878. The van der Waals surface area contributed by atoms with Crippen molar-refractivity contribution in [3.8, 4) is 0 Å². The number of halogens is 2. The summed E-state index contributed by atoms with van der Waals surface area (Å²) in [5, 5.41) is 2.59. The van der Waals surface area contributed by atoms with Crippen LogP contribution in [0.5, 0.6) is 0 Å². The number of hydrogen-bond donors (Lipinski definition) is 2. The summed E-state index contributed by atoms with van der Waals surface area (Å²) in [5.41, 5.74) is 4.99. The van der Waals surface area contributed by atoms with Gasteiger partial charge in [0, 0.05) is 29.7 Å². The number of ether oxygens (including phenoxy) is 1. The first kappa shape index (κ1) is 14.4. The summed E-state index contributed by atoms with van der Waals surface area (Å²) >= 11 is 0. The first-order valence-electron chi connectivity index (χ1n) is 6.95. The molecule has 0 spiro atoms. The average Bonchev–Trinajstić information content (AvgIpc) is 2.90. The largest absolute Gasteiger partial charge is 0.377 e. The summed E-state index contributed by atoms with van der Waals surface area (Å²) in [7, 11) is 0. The highest BCUT2D eigenvalue weighted by Gasteiger charge is 2.71. The third-order valence-corrected chi connectivity index (χ3v) is 5.01. The molecule has 3 rings (SSSR count). The van der Waals surface area contributed by atoms with E-state index in [0.717, 1.165) is 18.6 Å². The molecular weight excluding hydrogens is 278 g/mol. The number of rotatable bonds is 2. The molecule has 21 heavy (non-hydrogen) atoms. The number of fused-ring (bicyclic) bond motifs is 1. The van der Waals surface area contributed by atoms with E-state index < -0.39 is 22.6 Å². The topological polar surface area (TPSA) is 64.3 Å². The van der Waals surface area contributed by atoms with Gasteiger partial charge in [-0.25, -0.2) is 8.78 Å². The fourth-order valence-electron chi connectivity index (χ4n) is 3.65. The summed E-state index contributed by atoms with van der Waals surface area (Å²) in [6.45, 7) is 4.38. The number of benzene rings is 1. The molecule has 1 heterocycles. The first-order valence-corrected chi connectivity index (χ1v) is 6.95. The van der Waals surface area contributed by atoms with E-state index in [-0.39, 0.29) is 23.6 Å². The number of anilines is 1. The van der Waals surface area contributed by atoms with Crippen LogP contribution in [0.15, 0.2) is 18.2 Å². The molecule has 0 radical (unpaired) electrons. The second-order valence-electron chi connectivity index (χ2n) is 6.36. The molecule has 2 fully saturated rings. The molecule has 6 heteroatoms.